The Morgan fingerprint density at radius 2 is 2.42 bits per heavy atom. The Morgan fingerprint density at radius 1 is 1.67 bits per heavy atom. The van der Waals surface area contributed by atoms with Gasteiger partial charge < -0.3 is 10.5 Å². The lowest BCUT2D eigenvalue weighted by Gasteiger charge is -2.01. The van der Waals surface area contributed by atoms with E-state index in [1.54, 1.807) is 11.3 Å². The SMILES string of the molecule is Cc1cc(Br)c(OCCCN)s1. The number of hydrogen-bond acceptors (Lipinski definition) is 3. The molecule has 12 heavy (non-hydrogen) atoms. The summed E-state index contributed by atoms with van der Waals surface area (Å²) >= 11 is 5.08. The molecule has 0 bridgehead atoms. The Kier molecular flexibility index (Phi) is 4.05. The van der Waals surface area contributed by atoms with Gasteiger partial charge in [0.05, 0.1) is 11.1 Å². The summed E-state index contributed by atoms with van der Waals surface area (Å²) in [4.78, 5) is 1.25. The first-order valence-corrected chi connectivity index (χ1v) is 5.44. The average molecular weight is 250 g/mol. The van der Waals surface area contributed by atoms with Crippen molar-refractivity contribution in [2.45, 2.75) is 13.3 Å². The van der Waals surface area contributed by atoms with Crippen molar-refractivity contribution in [3.8, 4) is 5.06 Å². The van der Waals surface area contributed by atoms with Crippen LogP contribution in [0.15, 0.2) is 10.5 Å². The number of nitrogens with two attached hydrogens (primary N) is 1. The van der Waals surface area contributed by atoms with Crippen molar-refractivity contribution in [2.75, 3.05) is 13.2 Å². The van der Waals surface area contributed by atoms with Crippen LogP contribution < -0.4 is 10.5 Å². The summed E-state index contributed by atoms with van der Waals surface area (Å²) in [6, 6.07) is 2.06. The van der Waals surface area contributed by atoms with Gasteiger partial charge in [-0.2, -0.15) is 0 Å². The van der Waals surface area contributed by atoms with E-state index in [-0.39, 0.29) is 0 Å². The quantitative estimate of drug-likeness (QED) is 0.833. The molecule has 0 spiro atoms. The van der Waals surface area contributed by atoms with E-state index >= 15 is 0 Å². The monoisotopic (exact) mass is 249 g/mol. The third-order valence-corrected chi connectivity index (χ3v) is 3.17. The van der Waals surface area contributed by atoms with Crippen LogP contribution in [0, 0.1) is 6.92 Å². The van der Waals surface area contributed by atoms with Crippen LogP contribution in [-0.2, 0) is 0 Å². The minimum Gasteiger partial charge on any atom is -0.483 e. The summed E-state index contributed by atoms with van der Waals surface area (Å²) < 4.78 is 6.53. The van der Waals surface area contributed by atoms with Crippen molar-refractivity contribution in [3.63, 3.8) is 0 Å². The molecule has 0 radical (unpaired) electrons. The van der Waals surface area contributed by atoms with Crippen LogP contribution in [0.2, 0.25) is 0 Å². The first-order valence-electron chi connectivity index (χ1n) is 3.83. The zero-order chi connectivity index (χ0) is 8.97. The van der Waals surface area contributed by atoms with Crippen molar-refractivity contribution in [1.29, 1.82) is 0 Å². The Morgan fingerprint density at radius 3 is 2.92 bits per heavy atom. The molecule has 0 aliphatic carbocycles. The molecule has 2 nitrogen and oxygen atoms in total. The van der Waals surface area contributed by atoms with Crippen molar-refractivity contribution < 1.29 is 4.74 Å². The van der Waals surface area contributed by atoms with Crippen molar-refractivity contribution in [3.05, 3.63) is 15.4 Å². The van der Waals surface area contributed by atoms with Gasteiger partial charge in [0.1, 0.15) is 0 Å². The predicted octanol–water partition coefficient (Wildman–Crippen LogP) is 2.55. The highest BCUT2D eigenvalue weighted by atomic mass is 79.9. The Bertz CT molecular complexity index is 249. The molecule has 1 aromatic rings. The van der Waals surface area contributed by atoms with Crippen LogP contribution in [-0.4, -0.2) is 13.2 Å². The van der Waals surface area contributed by atoms with Gasteiger partial charge in [0.15, 0.2) is 5.06 Å². The maximum Gasteiger partial charge on any atom is 0.188 e. The lowest BCUT2D eigenvalue weighted by atomic mass is 10.5. The predicted molar refractivity (Wildman–Crippen MR) is 55.9 cm³/mol. The minimum absolute atomic E-state index is 0.683. The highest BCUT2D eigenvalue weighted by molar-refractivity contribution is 9.10. The topological polar surface area (TPSA) is 35.2 Å². The Hall–Kier alpha value is -0.0600. The summed E-state index contributed by atoms with van der Waals surface area (Å²) in [6.07, 6.45) is 0.906. The molecule has 1 heterocycles. The lowest BCUT2D eigenvalue weighted by molar-refractivity contribution is 0.321. The Labute approximate surface area is 84.9 Å². The number of ether oxygens (including phenoxy) is 1. The fourth-order valence-corrected chi connectivity index (χ4v) is 2.43. The van der Waals surface area contributed by atoms with Crippen molar-refractivity contribution >= 4 is 27.3 Å². The molecular formula is C8H12BrNOS. The number of halogens is 1. The average Bonchev–Trinajstić information content (AvgIpc) is 2.31. The molecule has 68 valence electrons. The fourth-order valence-electron chi connectivity index (χ4n) is 0.808. The smallest absolute Gasteiger partial charge is 0.188 e. The van der Waals surface area contributed by atoms with E-state index in [0.717, 1.165) is 16.0 Å². The van der Waals surface area contributed by atoms with E-state index in [4.69, 9.17) is 10.5 Å². The zero-order valence-corrected chi connectivity index (χ0v) is 9.37. The van der Waals surface area contributed by atoms with E-state index in [1.165, 1.54) is 4.88 Å². The summed E-state index contributed by atoms with van der Waals surface area (Å²) in [5.74, 6) is 0. The second kappa shape index (κ2) is 4.84. The third-order valence-electron chi connectivity index (χ3n) is 1.36. The summed E-state index contributed by atoms with van der Waals surface area (Å²) in [5.41, 5.74) is 5.35. The molecule has 0 aliphatic heterocycles. The molecule has 0 fully saturated rings. The van der Waals surface area contributed by atoms with Gasteiger partial charge >= 0.3 is 0 Å². The fraction of sp³-hybridized carbons (Fsp3) is 0.500. The molecule has 0 saturated carbocycles. The third kappa shape index (κ3) is 2.77. The molecule has 0 amide bonds. The molecule has 4 heteroatoms. The van der Waals surface area contributed by atoms with Crippen LogP contribution in [0.5, 0.6) is 5.06 Å². The van der Waals surface area contributed by atoms with Crippen molar-refractivity contribution in [2.24, 2.45) is 5.73 Å². The maximum absolute atomic E-state index is 5.49. The van der Waals surface area contributed by atoms with Crippen molar-refractivity contribution in [1.82, 2.24) is 0 Å². The molecule has 1 aromatic heterocycles. The van der Waals surface area contributed by atoms with Gasteiger partial charge in [0.25, 0.3) is 0 Å². The second-order valence-corrected chi connectivity index (χ2v) is 4.56. The van der Waals surface area contributed by atoms with Gasteiger partial charge in [0.2, 0.25) is 0 Å². The molecule has 0 aliphatic rings. The number of hydrogen-bond donors (Lipinski definition) is 1. The lowest BCUT2D eigenvalue weighted by Crippen LogP contribution is -2.05. The van der Waals surface area contributed by atoms with E-state index in [2.05, 4.69) is 28.9 Å². The van der Waals surface area contributed by atoms with E-state index in [1.807, 2.05) is 0 Å². The van der Waals surface area contributed by atoms with Gasteiger partial charge in [-0.15, -0.1) is 11.3 Å². The van der Waals surface area contributed by atoms with Gasteiger partial charge in [-0.3, -0.25) is 0 Å². The minimum atomic E-state index is 0.683. The summed E-state index contributed by atoms with van der Waals surface area (Å²) in [7, 11) is 0. The van der Waals surface area contributed by atoms with Crippen LogP contribution >= 0.6 is 27.3 Å². The van der Waals surface area contributed by atoms with Crippen LogP contribution in [0.4, 0.5) is 0 Å². The van der Waals surface area contributed by atoms with E-state index in [9.17, 15) is 0 Å². The highest BCUT2D eigenvalue weighted by Gasteiger charge is 2.04. The molecule has 0 atom stereocenters. The number of thiophene rings is 1. The van der Waals surface area contributed by atoms with Gasteiger partial charge in [-0.25, -0.2) is 0 Å². The van der Waals surface area contributed by atoms with Crippen LogP contribution in [0.25, 0.3) is 0 Å². The maximum atomic E-state index is 5.49. The van der Waals surface area contributed by atoms with Gasteiger partial charge in [-0.05, 0) is 41.9 Å². The molecule has 2 N–H and O–H groups in total. The first-order chi connectivity index (χ1) is 5.74. The highest BCUT2D eigenvalue weighted by Crippen LogP contribution is 2.34. The second-order valence-electron chi connectivity index (χ2n) is 2.48. The van der Waals surface area contributed by atoms with Gasteiger partial charge in [-0.1, -0.05) is 0 Å². The number of aryl methyl sites for hydroxylation is 1. The largest absolute Gasteiger partial charge is 0.483 e. The summed E-state index contributed by atoms with van der Waals surface area (Å²) in [6.45, 7) is 3.45. The standard InChI is InChI=1S/C8H12BrNOS/c1-6-5-7(9)8(12-6)11-4-2-3-10/h5H,2-4,10H2,1H3. The van der Waals surface area contributed by atoms with Crippen LogP contribution in [0.1, 0.15) is 11.3 Å². The van der Waals surface area contributed by atoms with Gasteiger partial charge in [0, 0.05) is 4.88 Å². The van der Waals surface area contributed by atoms with E-state index < -0.39 is 0 Å². The Balaban J connectivity index is 2.45. The number of rotatable bonds is 4. The van der Waals surface area contributed by atoms with E-state index in [0.29, 0.717) is 13.2 Å². The first kappa shape index (κ1) is 10.0. The molecule has 1 rings (SSSR count). The normalized spacial score (nSPS) is 10.2. The zero-order valence-electron chi connectivity index (χ0n) is 6.97. The molecule has 0 unspecified atom stereocenters. The molecule has 0 saturated heterocycles. The molecule has 0 aromatic carbocycles. The van der Waals surface area contributed by atoms with Crippen LogP contribution in [0.3, 0.4) is 0 Å². The summed E-state index contributed by atoms with van der Waals surface area (Å²) in [5, 5.41) is 0.959. The molecular weight excluding hydrogens is 238 g/mol.